The van der Waals surface area contributed by atoms with Gasteiger partial charge >= 0.3 is 6.03 Å². The Hall–Kier alpha value is -1.14. The molecule has 1 aromatic rings. The first kappa shape index (κ1) is 19.9. The number of nitrogens with one attached hydrogen (secondary N) is 1. The number of aryl methyl sites for hydroxylation is 1. The minimum atomic E-state index is -0.0310. The molecule has 0 aliphatic heterocycles. The van der Waals surface area contributed by atoms with Crippen molar-refractivity contribution in [3.05, 3.63) is 16.1 Å². The lowest BCUT2D eigenvalue weighted by molar-refractivity contribution is 0.174. The van der Waals surface area contributed by atoms with Gasteiger partial charge in [0.15, 0.2) is 0 Å². The van der Waals surface area contributed by atoms with E-state index in [-0.39, 0.29) is 6.03 Å². The molecule has 23 heavy (non-hydrogen) atoms. The van der Waals surface area contributed by atoms with E-state index in [1.54, 1.807) is 16.2 Å². The molecule has 1 aromatic heterocycles. The summed E-state index contributed by atoms with van der Waals surface area (Å²) in [6, 6.07) is 0.362. The number of urea groups is 1. The number of amides is 2. The molecule has 0 aliphatic rings. The van der Waals surface area contributed by atoms with Crippen molar-refractivity contribution in [3.63, 3.8) is 0 Å². The van der Waals surface area contributed by atoms with Gasteiger partial charge in [-0.15, -0.1) is 11.3 Å². The van der Waals surface area contributed by atoms with Crippen molar-refractivity contribution in [2.45, 2.75) is 53.6 Å². The van der Waals surface area contributed by atoms with Crippen LogP contribution in [0.25, 0.3) is 0 Å². The van der Waals surface area contributed by atoms with Crippen LogP contribution in [0.15, 0.2) is 5.38 Å². The van der Waals surface area contributed by atoms with Crippen LogP contribution in [0.1, 0.15) is 44.8 Å². The van der Waals surface area contributed by atoms with E-state index in [4.69, 9.17) is 0 Å². The van der Waals surface area contributed by atoms with Crippen molar-refractivity contribution in [2.24, 2.45) is 5.92 Å². The highest BCUT2D eigenvalue weighted by Crippen LogP contribution is 2.12. The molecule has 1 unspecified atom stereocenters. The summed E-state index contributed by atoms with van der Waals surface area (Å²) < 4.78 is 0. The van der Waals surface area contributed by atoms with Crippen LogP contribution >= 0.6 is 11.3 Å². The highest BCUT2D eigenvalue weighted by atomic mass is 32.1. The second kappa shape index (κ2) is 9.88. The normalized spacial score (nSPS) is 12.7. The summed E-state index contributed by atoms with van der Waals surface area (Å²) in [5.74, 6) is 0.619. The number of nitrogens with zero attached hydrogens (tertiary/aromatic N) is 3. The summed E-state index contributed by atoms with van der Waals surface area (Å²) in [6.07, 6.45) is 1.09. The average molecular weight is 341 g/mol. The number of aromatic nitrogens is 1. The predicted octanol–water partition coefficient (Wildman–Crippen LogP) is 3.35. The molecule has 6 heteroatoms. The van der Waals surface area contributed by atoms with Crippen molar-refractivity contribution in [1.29, 1.82) is 0 Å². The van der Waals surface area contributed by atoms with E-state index < -0.39 is 0 Å². The van der Waals surface area contributed by atoms with Gasteiger partial charge in [0.25, 0.3) is 0 Å². The second-order valence-electron chi connectivity index (χ2n) is 6.40. The van der Waals surface area contributed by atoms with Crippen LogP contribution in [-0.4, -0.2) is 53.5 Å². The largest absolute Gasteiger partial charge is 0.336 e. The minimum absolute atomic E-state index is 0.0310. The van der Waals surface area contributed by atoms with Crippen LogP contribution in [-0.2, 0) is 6.54 Å². The molecule has 0 saturated heterocycles. The van der Waals surface area contributed by atoms with Crippen molar-refractivity contribution in [1.82, 2.24) is 20.1 Å². The first-order valence-electron chi connectivity index (χ1n) is 8.51. The lowest BCUT2D eigenvalue weighted by Crippen LogP contribution is -2.47. The Labute approximate surface area is 145 Å². The Kier molecular flexibility index (Phi) is 8.55. The summed E-state index contributed by atoms with van der Waals surface area (Å²) >= 11 is 1.62. The first-order valence-corrected chi connectivity index (χ1v) is 9.39. The van der Waals surface area contributed by atoms with E-state index in [9.17, 15) is 4.79 Å². The van der Waals surface area contributed by atoms with E-state index in [0.717, 1.165) is 30.2 Å². The van der Waals surface area contributed by atoms with Crippen LogP contribution in [0, 0.1) is 12.8 Å². The third kappa shape index (κ3) is 6.87. The number of likely N-dealkylation sites (N-methyl/N-ethyl adjacent to an activating group) is 1. The molecule has 0 aromatic carbocycles. The molecular weight excluding hydrogens is 308 g/mol. The summed E-state index contributed by atoms with van der Waals surface area (Å²) in [4.78, 5) is 20.8. The maximum atomic E-state index is 12.3. The monoisotopic (exact) mass is 340 g/mol. The van der Waals surface area contributed by atoms with Gasteiger partial charge in [-0.05, 0) is 32.4 Å². The van der Waals surface area contributed by atoms with Crippen molar-refractivity contribution in [2.75, 3.05) is 26.7 Å². The Balaban J connectivity index is 2.52. The second-order valence-corrected chi connectivity index (χ2v) is 7.47. The average Bonchev–Trinajstić information content (AvgIpc) is 2.89. The molecule has 0 aliphatic carbocycles. The van der Waals surface area contributed by atoms with Crippen LogP contribution < -0.4 is 5.32 Å². The number of hydrogen-bond acceptors (Lipinski definition) is 4. The molecule has 0 saturated carbocycles. The summed E-state index contributed by atoms with van der Waals surface area (Å²) in [5.41, 5.74) is 0.952. The summed E-state index contributed by atoms with van der Waals surface area (Å²) in [5, 5.41) is 6.13. The molecular formula is C17H32N4OS. The molecule has 1 atom stereocenters. The Morgan fingerprint density at radius 3 is 2.48 bits per heavy atom. The highest BCUT2D eigenvalue weighted by Gasteiger charge is 2.19. The predicted molar refractivity (Wildman–Crippen MR) is 97.9 cm³/mol. The van der Waals surface area contributed by atoms with Crippen molar-refractivity contribution < 1.29 is 4.79 Å². The standard InChI is InChI=1S/C17H32N4OS/c1-7-21(8-2)16(9-13(3)4)10-18-17(22)20(6)11-15-12-23-14(5)19-15/h12-13,16H,7-11H2,1-6H3,(H,18,22). The van der Waals surface area contributed by atoms with E-state index in [1.165, 1.54) is 0 Å². The quantitative estimate of drug-likeness (QED) is 0.750. The zero-order valence-electron chi connectivity index (χ0n) is 15.4. The van der Waals surface area contributed by atoms with Gasteiger partial charge in [0, 0.05) is 25.0 Å². The SMILES string of the molecule is CCN(CC)C(CNC(=O)N(C)Cc1csc(C)n1)CC(C)C. The zero-order valence-corrected chi connectivity index (χ0v) is 16.2. The van der Waals surface area contributed by atoms with Crippen LogP contribution in [0.5, 0.6) is 0 Å². The van der Waals surface area contributed by atoms with Gasteiger partial charge in [0.05, 0.1) is 17.2 Å². The highest BCUT2D eigenvalue weighted by molar-refractivity contribution is 7.09. The smallest absolute Gasteiger partial charge is 0.317 e. The molecule has 132 valence electrons. The van der Waals surface area contributed by atoms with E-state index >= 15 is 0 Å². The number of carbonyl (C=O) groups excluding carboxylic acids is 1. The summed E-state index contributed by atoms with van der Waals surface area (Å²) in [7, 11) is 1.82. The fourth-order valence-corrected chi connectivity index (χ4v) is 3.39. The number of hydrogen-bond donors (Lipinski definition) is 1. The Morgan fingerprint density at radius 1 is 1.35 bits per heavy atom. The Bertz CT molecular complexity index is 471. The third-order valence-corrected chi connectivity index (χ3v) is 4.80. The lowest BCUT2D eigenvalue weighted by atomic mass is 10.0. The van der Waals surface area contributed by atoms with E-state index in [0.29, 0.717) is 25.0 Å². The van der Waals surface area contributed by atoms with Gasteiger partial charge in [-0.25, -0.2) is 9.78 Å². The molecule has 2 amide bonds. The van der Waals surface area contributed by atoms with E-state index in [2.05, 4.69) is 42.9 Å². The molecule has 1 N–H and O–H groups in total. The lowest BCUT2D eigenvalue weighted by Gasteiger charge is -2.31. The van der Waals surface area contributed by atoms with E-state index in [1.807, 2.05) is 19.4 Å². The fraction of sp³-hybridized carbons (Fsp3) is 0.765. The summed E-state index contributed by atoms with van der Waals surface area (Å²) in [6.45, 7) is 14.1. The maximum Gasteiger partial charge on any atom is 0.317 e. The number of rotatable bonds is 9. The maximum absolute atomic E-state index is 12.3. The van der Waals surface area contributed by atoms with Crippen LogP contribution in [0.4, 0.5) is 4.79 Å². The molecule has 0 fully saturated rings. The van der Waals surface area contributed by atoms with Crippen molar-refractivity contribution in [3.8, 4) is 0 Å². The Morgan fingerprint density at radius 2 is 2.00 bits per heavy atom. The number of carbonyl (C=O) groups is 1. The van der Waals surface area contributed by atoms with Gasteiger partial charge < -0.3 is 10.2 Å². The molecule has 1 heterocycles. The molecule has 0 bridgehead atoms. The van der Waals surface area contributed by atoms with Crippen LogP contribution in [0.2, 0.25) is 0 Å². The number of thiazole rings is 1. The van der Waals surface area contributed by atoms with Crippen LogP contribution in [0.3, 0.4) is 0 Å². The molecule has 5 nitrogen and oxygen atoms in total. The third-order valence-electron chi connectivity index (χ3n) is 3.97. The van der Waals surface area contributed by atoms with Gasteiger partial charge in [0.1, 0.15) is 0 Å². The van der Waals surface area contributed by atoms with Gasteiger partial charge in [-0.3, -0.25) is 4.90 Å². The topological polar surface area (TPSA) is 48.5 Å². The van der Waals surface area contributed by atoms with Gasteiger partial charge in [-0.1, -0.05) is 27.7 Å². The van der Waals surface area contributed by atoms with Gasteiger partial charge in [0.2, 0.25) is 0 Å². The first-order chi connectivity index (χ1) is 10.9. The minimum Gasteiger partial charge on any atom is -0.336 e. The van der Waals surface area contributed by atoms with Gasteiger partial charge in [-0.2, -0.15) is 0 Å². The zero-order chi connectivity index (χ0) is 17.4. The van der Waals surface area contributed by atoms with Crippen molar-refractivity contribution >= 4 is 17.4 Å². The fourth-order valence-electron chi connectivity index (χ4n) is 2.78. The molecule has 1 rings (SSSR count). The molecule has 0 spiro atoms. The molecule has 0 radical (unpaired) electrons.